The molecule has 0 bridgehead atoms. The number of nitrogens with zero attached hydrogens (tertiary/aromatic N) is 2. The van der Waals surface area contributed by atoms with E-state index in [0.717, 1.165) is 47.6 Å². The van der Waals surface area contributed by atoms with Gasteiger partial charge in [-0.2, -0.15) is 0 Å². The zero-order valence-corrected chi connectivity index (χ0v) is 16.4. The lowest BCUT2D eigenvalue weighted by Crippen LogP contribution is -2.22. The summed E-state index contributed by atoms with van der Waals surface area (Å²) in [7, 11) is 0. The number of aromatic nitrogens is 1. The molecule has 2 N–H and O–H groups in total. The summed E-state index contributed by atoms with van der Waals surface area (Å²) in [6.45, 7) is 6.03. The van der Waals surface area contributed by atoms with Crippen molar-refractivity contribution in [3.8, 4) is 0 Å². The Hall–Kier alpha value is -2.46. The van der Waals surface area contributed by atoms with Crippen LogP contribution in [0, 0.1) is 6.92 Å². The lowest BCUT2D eigenvalue weighted by Gasteiger charge is -2.28. The van der Waals surface area contributed by atoms with Gasteiger partial charge in [0.15, 0.2) is 0 Å². The average molecular weight is 364 g/mol. The largest absolute Gasteiger partial charge is 0.392 e. The first kappa shape index (κ1) is 19.3. The van der Waals surface area contributed by atoms with Gasteiger partial charge in [-0.3, -0.25) is 4.99 Å². The van der Waals surface area contributed by atoms with Gasteiger partial charge in [0, 0.05) is 35.3 Å². The van der Waals surface area contributed by atoms with E-state index in [4.69, 9.17) is 0 Å². The predicted octanol–water partition coefficient (Wildman–Crippen LogP) is 5.49. The first-order chi connectivity index (χ1) is 13.1. The van der Waals surface area contributed by atoms with Gasteiger partial charge in [0.25, 0.3) is 0 Å². The highest BCUT2D eigenvalue weighted by molar-refractivity contribution is 6.04. The number of pyridine rings is 1. The maximum atomic E-state index is 10.3. The lowest BCUT2D eigenvalue weighted by molar-refractivity contribution is 0.106. The number of aliphatic hydroxyl groups is 1. The van der Waals surface area contributed by atoms with Gasteiger partial charge in [-0.1, -0.05) is 31.1 Å². The van der Waals surface area contributed by atoms with Crippen LogP contribution in [0.1, 0.15) is 62.1 Å². The number of allylic oxidation sites excluding steroid dienone is 1. The van der Waals surface area contributed by atoms with Crippen LogP contribution >= 0.6 is 0 Å². The Morgan fingerprint density at radius 2 is 1.93 bits per heavy atom. The molecule has 0 radical (unpaired) electrons. The molecule has 1 aromatic heterocycles. The van der Waals surface area contributed by atoms with Crippen LogP contribution in [0.3, 0.4) is 0 Å². The molecule has 2 atom stereocenters. The Balaban J connectivity index is 1.82. The van der Waals surface area contributed by atoms with Crippen LogP contribution in [-0.4, -0.2) is 21.9 Å². The van der Waals surface area contributed by atoms with Crippen molar-refractivity contribution >= 4 is 17.2 Å². The fraction of sp³-hybridized carbons (Fsp3) is 0.391. The van der Waals surface area contributed by atoms with E-state index in [1.54, 1.807) is 6.20 Å². The van der Waals surface area contributed by atoms with E-state index in [1.807, 2.05) is 32.2 Å². The minimum absolute atomic E-state index is 0.215. The molecule has 1 aromatic carbocycles. The van der Waals surface area contributed by atoms with Crippen molar-refractivity contribution in [3.05, 3.63) is 65.5 Å². The highest BCUT2D eigenvalue weighted by atomic mass is 16.3. The molecule has 2 aromatic rings. The summed E-state index contributed by atoms with van der Waals surface area (Å²) in [5.74, 6) is 1.07. The van der Waals surface area contributed by atoms with E-state index < -0.39 is 0 Å². The third-order valence-corrected chi connectivity index (χ3v) is 5.27. The van der Waals surface area contributed by atoms with E-state index in [-0.39, 0.29) is 12.0 Å². The molecule has 1 heterocycles. The zero-order valence-electron chi connectivity index (χ0n) is 16.4. The van der Waals surface area contributed by atoms with E-state index in [0.29, 0.717) is 0 Å². The summed E-state index contributed by atoms with van der Waals surface area (Å²) in [5, 5.41) is 13.7. The van der Waals surface area contributed by atoms with Gasteiger partial charge >= 0.3 is 0 Å². The minimum Gasteiger partial charge on any atom is -0.392 e. The number of hydrogen-bond acceptors (Lipinski definition) is 4. The minimum atomic E-state index is -0.215. The fourth-order valence-electron chi connectivity index (χ4n) is 3.81. The molecule has 4 nitrogen and oxygen atoms in total. The second-order valence-corrected chi connectivity index (χ2v) is 7.25. The molecule has 1 saturated carbocycles. The summed E-state index contributed by atoms with van der Waals surface area (Å²) >= 11 is 0. The number of aliphatic hydroxyl groups excluding tert-OH is 1. The van der Waals surface area contributed by atoms with Crippen LogP contribution in [0.4, 0.5) is 11.5 Å². The van der Waals surface area contributed by atoms with E-state index in [9.17, 15) is 5.11 Å². The van der Waals surface area contributed by atoms with Crippen molar-refractivity contribution in [2.75, 3.05) is 5.32 Å². The van der Waals surface area contributed by atoms with E-state index >= 15 is 0 Å². The molecule has 0 spiro atoms. The van der Waals surface area contributed by atoms with Crippen molar-refractivity contribution in [3.63, 3.8) is 0 Å². The first-order valence-corrected chi connectivity index (χ1v) is 9.76. The van der Waals surface area contributed by atoms with Crippen molar-refractivity contribution in [1.29, 1.82) is 0 Å². The van der Waals surface area contributed by atoms with E-state index in [2.05, 4.69) is 46.5 Å². The number of rotatable bonds is 5. The number of benzene rings is 1. The van der Waals surface area contributed by atoms with Crippen LogP contribution in [0.5, 0.6) is 0 Å². The average Bonchev–Trinajstić information content (AvgIpc) is 2.67. The summed E-state index contributed by atoms with van der Waals surface area (Å²) < 4.78 is 0. The molecule has 0 aliphatic heterocycles. The molecule has 4 heteroatoms. The van der Waals surface area contributed by atoms with Crippen molar-refractivity contribution in [2.24, 2.45) is 4.99 Å². The summed E-state index contributed by atoms with van der Waals surface area (Å²) in [6.07, 6.45) is 9.63. The van der Waals surface area contributed by atoms with Gasteiger partial charge < -0.3 is 10.4 Å². The van der Waals surface area contributed by atoms with Crippen LogP contribution < -0.4 is 5.32 Å². The molecule has 1 unspecified atom stereocenters. The Kier molecular flexibility index (Phi) is 6.40. The SMILES string of the molecule is C/C=C/N=C(C)c1c(C)ccnc1Nc1ccc(C2CCCC[C@H]2O)cc1. The fourth-order valence-corrected chi connectivity index (χ4v) is 3.81. The molecule has 3 rings (SSSR count). The second-order valence-electron chi connectivity index (χ2n) is 7.25. The quantitative estimate of drug-likeness (QED) is 0.690. The molecule has 1 fully saturated rings. The Labute approximate surface area is 162 Å². The van der Waals surface area contributed by atoms with Gasteiger partial charge in [0.1, 0.15) is 5.82 Å². The van der Waals surface area contributed by atoms with E-state index in [1.165, 1.54) is 12.0 Å². The molecule has 27 heavy (non-hydrogen) atoms. The molecule has 1 aliphatic rings. The van der Waals surface area contributed by atoms with Crippen molar-refractivity contribution in [1.82, 2.24) is 4.98 Å². The smallest absolute Gasteiger partial charge is 0.139 e. The molecular formula is C23H29N3O. The maximum absolute atomic E-state index is 10.3. The first-order valence-electron chi connectivity index (χ1n) is 9.76. The number of anilines is 2. The summed E-state index contributed by atoms with van der Waals surface area (Å²) in [4.78, 5) is 9.02. The molecule has 0 saturated heterocycles. The normalized spacial score (nSPS) is 20.8. The Bertz CT molecular complexity index is 824. The number of aryl methyl sites for hydroxylation is 1. The highest BCUT2D eigenvalue weighted by Crippen LogP contribution is 2.34. The molecule has 0 amide bonds. The summed E-state index contributed by atoms with van der Waals surface area (Å²) in [6, 6.07) is 10.4. The molecule has 1 aliphatic carbocycles. The topological polar surface area (TPSA) is 57.5 Å². The Morgan fingerprint density at radius 3 is 2.63 bits per heavy atom. The number of aliphatic imine (C=N–C) groups is 1. The monoisotopic (exact) mass is 363 g/mol. The van der Waals surface area contributed by atoms with Crippen molar-refractivity contribution in [2.45, 2.75) is 58.5 Å². The van der Waals surface area contributed by atoms with Crippen LogP contribution in [0.2, 0.25) is 0 Å². The van der Waals surface area contributed by atoms with Crippen molar-refractivity contribution < 1.29 is 5.11 Å². The van der Waals surface area contributed by atoms with Gasteiger partial charge in [0.05, 0.1) is 6.10 Å². The molecule has 142 valence electrons. The summed E-state index contributed by atoms with van der Waals surface area (Å²) in [5.41, 5.74) is 5.31. The van der Waals surface area contributed by atoms with Gasteiger partial charge in [-0.15, -0.1) is 0 Å². The Morgan fingerprint density at radius 1 is 1.19 bits per heavy atom. The zero-order chi connectivity index (χ0) is 19.2. The van der Waals surface area contributed by atoms with Gasteiger partial charge in [0.2, 0.25) is 0 Å². The van der Waals surface area contributed by atoms with Gasteiger partial charge in [-0.25, -0.2) is 4.98 Å². The second kappa shape index (κ2) is 8.96. The number of hydrogen-bond donors (Lipinski definition) is 2. The predicted molar refractivity (Wildman–Crippen MR) is 113 cm³/mol. The third kappa shape index (κ3) is 4.64. The van der Waals surface area contributed by atoms with Crippen LogP contribution in [0.15, 0.2) is 53.8 Å². The van der Waals surface area contributed by atoms with Crippen LogP contribution in [0.25, 0.3) is 0 Å². The third-order valence-electron chi connectivity index (χ3n) is 5.27. The lowest BCUT2D eigenvalue weighted by atomic mass is 9.82. The number of nitrogens with one attached hydrogen (secondary N) is 1. The standard InChI is InChI=1S/C23H29N3O/c1-4-14-24-17(3)22-16(2)13-15-25-23(22)26-19-11-9-18(10-12-19)20-7-5-6-8-21(20)27/h4,9-15,20-21,27H,5-8H2,1-3H3,(H,25,26)/b14-4+,24-17?/t20?,21-/m1/s1. The molecular weight excluding hydrogens is 334 g/mol. The highest BCUT2D eigenvalue weighted by Gasteiger charge is 2.24. The maximum Gasteiger partial charge on any atom is 0.139 e. The van der Waals surface area contributed by atoms with Gasteiger partial charge in [-0.05, 0) is 62.9 Å². The van der Waals surface area contributed by atoms with Crippen LogP contribution in [-0.2, 0) is 0 Å².